The Morgan fingerprint density at radius 1 is 1.21 bits per heavy atom. The minimum Gasteiger partial charge on any atom is -0.495 e. The summed E-state index contributed by atoms with van der Waals surface area (Å²) in [6.07, 6.45) is -0.0143. The van der Waals surface area contributed by atoms with Crippen LogP contribution >= 0.6 is 11.6 Å². The monoisotopic (exact) mass is 369 g/mol. The van der Waals surface area contributed by atoms with Gasteiger partial charge in [-0.1, -0.05) is 11.6 Å². The first kappa shape index (κ1) is 16.7. The van der Waals surface area contributed by atoms with Crippen LogP contribution in [0.2, 0.25) is 5.02 Å². The number of ketones is 1. The Bertz CT molecular complexity index is 930. The molecule has 0 amide bonds. The SMILES string of the molecule is COc1ccc(S(=O)(=O)N2CCC(=O)c3cc(F)ccc32)cc1Cl. The first-order chi connectivity index (χ1) is 11.3. The number of nitrogens with zero attached hydrogens (tertiary/aromatic N) is 1. The van der Waals surface area contributed by atoms with Crippen LogP contribution in [0, 0.1) is 5.82 Å². The molecule has 2 aromatic carbocycles. The van der Waals surface area contributed by atoms with Crippen molar-refractivity contribution in [1.82, 2.24) is 0 Å². The van der Waals surface area contributed by atoms with E-state index >= 15 is 0 Å². The van der Waals surface area contributed by atoms with Crippen molar-refractivity contribution >= 4 is 33.1 Å². The number of hydrogen-bond donors (Lipinski definition) is 0. The summed E-state index contributed by atoms with van der Waals surface area (Å²) in [6, 6.07) is 7.59. The van der Waals surface area contributed by atoms with Crippen LogP contribution in [-0.4, -0.2) is 27.9 Å². The molecule has 5 nitrogen and oxygen atoms in total. The van der Waals surface area contributed by atoms with Crippen LogP contribution in [0.3, 0.4) is 0 Å². The molecule has 0 saturated heterocycles. The average Bonchev–Trinajstić information content (AvgIpc) is 2.55. The van der Waals surface area contributed by atoms with Gasteiger partial charge < -0.3 is 4.74 Å². The lowest BCUT2D eigenvalue weighted by Crippen LogP contribution is -2.37. The van der Waals surface area contributed by atoms with Gasteiger partial charge in [0.25, 0.3) is 10.0 Å². The van der Waals surface area contributed by atoms with Gasteiger partial charge in [-0.3, -0.25) is 9.10 Å². The smallest absolute Gasteiger partial charge is 0.264 e. The van der Waals surface area contributed by atoms with Crippen molar-refractivity contribution in [2.45, 2.75) is 11.3 Å². The number of halogens is 2. The van der Waals surface area contributed by atoms with Gasteiger partial charge >= 0.3 is 0 Å². The topological polar surface area (TPSA) is 63.7 Å². The van der Waals surface area contributed by atoms with Crippen LogP contribution in [0.15, 0.2) is 41.3 Å². The van der Waals surface area contributed by atoms with Crippen molar-refractivity contribution in [2.24, 2.45) is 0 Å². The summed E-state index contributed by atoms with van der Waals surface area (Å²) in [6.45, 7) is -0.0105. The fourth-order valence-electron chi connectivity index (χ4n) is 2.59. The van der Waals surface area contributed by atoms with Crippen LogP contribution < -0.4 is 9.04 Å². The largest absolute Gasteiger partial charge is 0.495 e. The maximum Gasteiger partial charge on any atom is 0.264 e. The second-order valence-electron chi connectivity index (χ2n) is 5.21. The quantitative estimate of drug-likeness (QED) is 0.833. The van der Waals surface area contributed by atoms with Crippen LogP contribution in [-0.2, 0) is 10.0 Å². The van der Waals surface area contributed by atoms with Crippen LogP contribution in [0.1, 0.15) is 16.8 Å². The van der Waals surface area contributed by atoms with Gasteiger partial charge in [0.05, 0.1) is 22.7 Å². The first-order valence-corrected chi connectivity index (χ1v) is 8.85. The number of ether oxygens (including phenoxy) is 1. The van der Waals surface area contributed by atoms with E-state index in [0.29, 0.717) is 5.75 Å². The summed E-state index contributed by atoms with van der Waals surface area (Å²) in [7, 11) is -2.51. The molecular weight excluding hydrogens is 357 g/mol. The predicted octanol–water partition coefficient (Wildman–Crippen LogP) is 3.27. The zero-order valence-corrected chi connectivity index (χ0v) is 14.2. The Morgan fingerprint density at radius 3 is 2.62 bits per heavy atom. The van der Waals surface area contributed by atoms with Gasteiger partial charge in [-0.2, -0.15) is 0 Å². The number of hydrogen-bond acceptors (Lipinski definition) is 4. The molecule has 126 valence electrons. The third-order valence-electron chi connectivity index (χ3n) is 3.78. The maximum atomic E-state index is 13.4. The van der Waals surface area contributed by atoms with E-state index in [1.165, 1.54) is 31.4 Å². The number of benzene rings is 2. The van der Waals surface area contributed by atoms with Gasteiger partial charge in [-0.05, 0) is 36.4 Å². The number of sulfonamides is 1. The summed E-state index contributed by atoms with van der Waals surface area (Å²) in [5, 5.41) is 0.158. The Kier molecular flexibility index (Phi) is 4.23. The summed E-state index contributed by atoms with van der Waals surface area (Å²) in [4.78, 5) is 11.9. The number of rotatable bonds is 3. The van der Waals surface area contributed by atoms with Crippen molar-refractivity contribution in [3.05, 3.63) is 52.8 Å². The van der Waals surface area contributed by atoms with E-state index in [9.17, 15) is 17.6 Å². The molecule has 1 heterocycles. The van der Waals surface area contributed by atoms with E-state index in [4.69, 9.17) is 16.3 Å². The third kappa shape index (κ3) is 2.74. The van der Waals surface area contributed by atoms with Crippen molar-refractivity contribution < 1.29 is 22.3 Å². The molecule has 0 fully saturated rings. The number of methoxy groups -OCH3 is 1. The van der Waals surface area contributed by atoms with Crippen molar-refractivity contribution in [1.29, 1.82) is 0 Å². The van der Waals surface area contributed by atoms with Gasteiger partial charge in [-0.15, -0.1) is 0 Å². The van der Waals surface area contributed by atoms with Crippen molar-refractivity contribution in [3.63, 3.8) is 0 Å². The predicted molar refractivity (Wildman–Crippen MR) is 87.9 cm³/mol. The molecular formula is C16H13ClFNO4S. The third-order valence-corrected chi connectivity index (χ3v) is 5.89. The minimum atomic E-state index is -3.94. The summed E-state index contributed by atoms with van der Waals surface area (Å²) < 4.78 is 45.3. The zero-order valence-electron chi connectivity index (χ0n) is 12.6. The second kappa shape index (κ2) is 6.07. The van der Waals surface area contributed by atoms with Crippen molar-refractivity contribution in [2.75, 3.05) is 18.0 Å². The number of carbonyl (C=O) groups is 1. The van der Waals surface area contributed by atoms with E-state index in [1.54, 1.807) is 0 Å². The molecule has 0 radical (unpaired) electrons. The standard InChI is InChI=1S/C16H13ClFNO4S/c1-23-16-5-3-11(9-13(16)17)24(21,22)19-7-6-15(20)12-8-10(18)2-4-14(12)19/h2-5,8-9H,6-7H2,1H3. The fourth-order valence-corrected chi connectivity index (χ4v) is 4.43. The molecule has 0 atom stereocenters. The number of anilines is 1. The maximum absolute atomic E-state index is 13.4. The highest BCUT2D eigenvalue weighted by atomic mass is 35.5. The van der Waals surface area contributed by atoms with Gasteiger partial charge in [-0.25, -0.2) is 12.8 Å². The van der Waals surface area contributed by atoms with E-state index < -0.39 is 15.8 Å². The second-order valence-corrected chi connectivity index (χ2v) is 7.48. The Morgan fingerprint density at radius 2 is 1.96 bits per heavy atom. The molecule has 0 spiro atoms. The highest BCUT2D eigenvalue weighted by molar-refractivity contribution is 7.92. The van der Waals surface area contributed by atoms with E-state index in [0.717, 1.165) is 16.4 Å². The van der Waals surface area contributed by atoms with E-state index in [2.05, 4.69) is 0 Å². The van der Waals surface area contributed by atoms with Gasteiger partial charge in [0.1, 0.15) is 11.6 Å². The normalized spacial score (nSPS) is 14.5. The zero-order chi connectivity index (χ0) is 17.5. The van der Waals surface area contributed by atoms with Crippen molar-refractivity contribution in [3.8, 4) is 5.75 Å². The first-order valence-electron chi connectivity index (χ1n) is 7.03. The molecule has 0 saturated carbocycles. The Hall–Kier alpha value is -2.12. The number of fused-ring (bicyclic) bond motifs is 1. The highest BCUT2D eigenvalue weighted by Crippen LogP contribution is 2.34. The van der Waals surface area contributed by atoms with Crippen LogP contribution in [0.4, 0.5) is 10.1 Å². The Balaban J connectivity index is 2.10. The lowest BCUT2D eigenvalue weighted by atomic mass is 10.0. The van der Waals surface area contributed by atoms with Gasteiger partial charge in [0, 0.05) is 18.5 Å². The molecule has 0 N–H and O–H groups in total. The molecule has 1 aliphatic heterocycles. The lowest BCUT2D eigenvalue weighted by Gasteiger charge is -2.29. The number of Topliss-reactive ketones (excluding diaryl/α,β-unsaturated/α-hetero) is 1. The summed E-state index contributed by atoms with van der Waals surface area (Å²) in [5.74, 6) is -0.524. The molecule has 24 heavy (non-hydrogen) atoms. The molecule has 0 bridgehead atoms. The average molecular weight is 370 g/mol. The molecule has 8 heteroatoms. The van der Waals surface area contributed by atoms with Gasteiger partial charge in [0.15, 0.2) is 5.78 Å². The fraction of sp³-hybridized carbons (Fsp3) is 0.188. The van der Waals surface area contributed by atoms with E-state index in [1.807, 2.05) is 0 Å². The van der Waals surface area contributed by atoms with E-state index in [-0.39, 0.29) is 39.9 Å². The highest BCUT2D eigenvalue weighted by Gasteiger charge is 2.32. The molecule has 0 aliphatic carbocycles. The molecule has 1 aliphatic rings. The molecule has 0 unspecified atom stereocenters. The van der Waals surface area contributed by atoms with Crippen LogP contribution in [0.5, 0.6) is 5.75 Å². The summed E-state index contributed by atoms with van der Waals surface area (Å²) >= 11 is 6.01. The molecule has 0 aromatic heterocycles. The lowest BCUT2D eigenvalue weighted by molar-refractivity contribution is 0.0981. The summed E-state index contributed by atoms with van der Waals surface area (Å²) in [5.41, 5.74) is 0.226. The number of carbonyl (C=O) groups excluding carboxylic acids is 1. The Labute approximate surface area is 143 Å². The minimum absolute atomic E-state index is 0.0105. The van der Waals surface area contributed by atoms with Gasteiger partial charge in [0.2, 0.25) is 0 Å². The molecule has 2 aromatic rings. The molecule has 3 rings (SSSR count). The van der Waals surface area contributed by atoms with Crippen LogP contribution in [0.25, 0.3) is 0 Å².